The van der Waals surface area contributed by atoms with Crippen LogP contribution in [0.15, 0.2) is 59.8 Å². The summed E-state index contributed by atoms with van der Waals surface area (Å²) in [7, 11) is -3.70. The van der Waals surface area contributed by atoms with Crippen LogP contribution in [-0.4, -0.2) is 55.7 Å². The number of hydrogen-bond acceptors (Lipinski definition) is 5. The number of rotatable bonds is 6. The standard InChI is InChI=1S/C23H30N4O4S/c28-22-12-18-27(32(30,31)21-6-2-1-3-7-21)17-4-5-20(11-16-25-22)23(29)26-15-10-19-8-13-24-14-9-19/h1-3,6-9,13-14,20H,4-5,10-12,15-18H2,(H,25,28)(H,26,29). The van der Waals surface area contributed by atoms with E-state index >= 15 is 0 Å². The Morgan fingerprint density at radius 2 is 1.84 bits per heavy atom. The van der Waals surface area contributed by atoms with Gasteiger partial charge in [0.2, 0.25) is 21.8 Å². The van der Waals surface area contributed by atoms with E-state index in [1.807, 2.05) is 12.1 Å². The van der Waals surface area contributed by atoms with Gasteiger partial charge in [-0.05, 0) is 55.5 Å². The van der Waals surface area contributed by atoms with Gasteiger partial charge < -0.3 is 10.6 Å². The van der Waals surface area contributed by atoms with Crippen LogP contribution in [0.25, 0.3) is 0 Å². The molecule has 1 aromatic carbocycles. The van der Waals surface area contributed by atoms with Gasteiger partial charge in [0.1, 0.15) is 0 Å². The van der Waals surface area contributed by atoms with Crippen LogP contribution in [-0.2, 0) is 26.0 Å². The number of pyridine rings is 1. The first-order chi connectivity index (χ1) is 15.5. The van der Waals surface area contributed by atoms with Gasteiger partial charge in [-0.25, -0.2) is 8.42 Å². The van der Waals surface area contributed by atoms with Gasteiger partial charge in [-0.15, -0.1) is 0 Å². The van der Waals surface area contributed by atoms with Crippen LogP contribution in [0, 0.1) is 5.92 Å². The van der Waals surface area contributed by atoms with Crippen molar-refractivity contribution in [2.75, 3.05) is 26.2 Å². The molecule has 3 rings (SSSR count). The third-order valence-corrected chi connectivity index (χ3v) is 7.49. The molecule has 2 heterocycles. The van der Waals surface area contributed by atoms with Crippen molar-refractivity contribution in [1.82, 2.24) is 19.9 Å². The van der Waals surface area contributed by atoms with E-state index < -0.39 is 10.0 Å². The van der Waals surface area contributed by atoms with Gasteiger partial charge in [-0.3, -0.25) is 14.6 Å². The Morgan fingerprint density at radius 3 is 2.59 bits per heavy atom. The number of benzene rings is 1. The van der Waals surface area contributed by atoms with Crippen molar-refractivity contribution >= 4 is 21.8 Å². The zero-order chi connectivity index (χ0) is 22.8. The molecule has 0 spiro atoms. The molecule has 1 fully saturated rings. The molecule has 1 aliphatic rings. The molecule has 1 atom stereocenters. The van der Waals surface area contributed by atoms with E-state index in [0.29, 0.717) is 38.8 Å². The number of aromatic nitrogens is 1. The minimum atomic E-state index is -3.70. The van der Waals surface area contributed by atoms with Crippen LogP contribution in [0.1, 0.15) is 31.2 Å². The Bertz CT molecular complexity index is 984. The van der Waals surface area contributed by atoms with Crippen molar-refractivity contribution in [3.8, 4) is 0 Å². The summed E-state index contributed by atoms with van der Waals surface area (Å²) in [6.45, 7) is 1.30. The molecule has 0 aliphatic carbocycles. The van der Waals surface area contributed by atoms with Crippen molar-refractivity contribution in [2.24, 2.45) is 5.92 Å². The fraction of sp³-hybridized carbons (Fsp3) is 0.435. The maximum absolute atomic E-state index is 13.0. The molecule has 2 amide bonds. The number of nitrogens with one attached hydrogen (secondary N) is 2. The van der Waals surface area contributed by atoms with E-state index in [4.69, 9.17) is 0 Å². The maximum atomic E-state index is 13.0. The van der Waals surface area contributed by atoms with E-state index in [9.17, 15) is 18.0 Å². The Labute approximate surface area is 189 Å². The highest BCUT2D eigenvalue weighted by Crippen LogP contribution is 2.19. The van der Waals surface area contributed by atoms with Crippen molar-refractivity contribution < 1.29 is 18.0 Å². The summed E-state index contributed by atoms with van der Waals surface area (Å²) < 4.78 is 27.4. The summed E-state index contributed by atoms with van der Waals surface area (Å²) in [5.41, 5.74) is 1.09. The van der Waals surface area contributed by atoms with Crippen LogP contribution < -0.4 is 10.6 Å². The summed E-state index contributed by atoms with van der Waals surface area (Å²) in [6.07, 6.45) is 5.87. The average molecular weight is 459 g/mol. The third-order valence-electron chi connectivity index (χ3n) is 5.58. The molecule has 32 heavy (non-hydrogen) atoms. The molecule has 9 heteroatoms. The van der Waals surface area contributed by atoms with Crippen molar-refractivity contribution in [3.63, 3.8) is 0 Å². The maximum Gasteiger partial charge on any atom is 0.243 e. The summed E-state index contributed by atoms with van der Waals surface area (Å²) in [4.78, 5) is 29.1. The fourth-order valence-electron chi connectivity index (χ4n) is 3.74. The Hall–Kier alpha value is -2.78. The van der Waals surface area contributed by atoms with Crippen LogP contribution in [0.2, 0.25) is 0 Å². The Balaban J connectivity index is 1.61. The molecule has 1 unspecified atom stereocenters. The van der Waals surface area contributed by atoms with Crippen molar-refractivity contribution in [2.45, 2.75) is 37.0 Å². The first-order valence-electron chi connectivity index (χ1n) is 11.0. The molecule has 0 saturated carbocycles. The lowest BCUT2D eigenvalue weighted by Gasteiger charge is -2.22. The second-order valence-corrected chi connectivity index (χ2v) is 9.78. The monoisotopic (exact) mass is 458 g/mol. The number of hydrogen-bond donors (Lipinski definition) is 2. The zero-order valence-electron chi connectivity index (χ0n) is 18.1. The Morgan fingerprint density at radius 1 is 1.09 bits per heavy atom. The molecule has 1 aromatic heterocycles. The highest BCUT2D eigenvalue weighted by Gasteiger charge is 2.26. The summed E-state index contributed by atoms with van der Waals surface area (Å²) in [6, 6.07) is 12.1. The molecule has 1 aliphatic heterocycles. The van der Waals surface area contributed by atoms with E-state index in [1.165, 1.54) is 4.31 Å². The molecule has 0 radical (unpaired) electrons. The van der Waals surface area contributed by atoms with E-state index in [0.717, 1.165) is 5.56 Å². The van der Waals surface area contributed by atoms with Gasteiger partial charge in [0, 0.05) is 50.9 Å². The lowest BCUT2D eigenvalue weighted by molar-refractivity contribution is -0.126. The smallest absolute Gasteiger partial charge is 0.243 e. The number of carbonyl (C=O) groups is 2. The molecule has 8 nitrogen and oxygen atoms in total. The number of sulfonamides is 1. The van der Waals surface area contributed by atoms with Gasteiger partial charge in [0.15, 0.2) is 0 Å². The predicted octanol–water partition coefficient (Wildman–Crippen LogP) is 1.74. The Kier molecular flexibility index (Phi) is 8.75. The minimum absolute atomic E-state index is 0.0648. The average Bonchev–Trinajstić information content (AvgIpc) is 2.85. The summed E-state index contributed by atoms with van der Waals surface area (Å²) in [5, 5.41) is 5.79. The lowest BCUT2D eigenvalue weighted by atomic mass is 9.98. The lowest BCUT2D eigenvalue weighted by Crippen LogP contribution is -2.35. The minimum Gasteiger partial charge on any atom is -0.356 e. The van der Waals surface area contributed by atoms with E-state index in [2.05, 4.69) is 15.6 Å². The van der Waals surface area contributed by atoms with Crippen LogP contribution in [0.3, 0.4) is 0 Å². The largest absolute Gasteiger partial charge is 0.356 e. The molecule has 2 N–H and O–H groups in total. The second-order valence-electron chi connectivity index (χ2n) is 7.84. The molecular weight excluding hydrogens is 428 g/mol. The van der Waals surface area contributed by atoms with Crippen molar-refractivity contribution in [1.29, 1.82) is 0 Å². The molecule has 2 aromatic rings. The van der Waals surface area contributed by atoms with E-state index in [-0.39, 0.29) is 42.1 Å². The first kappa shape index (κ1) is 23.9. The van der Waals surface area contributed by atoms with Gasteiger partial charge in [-0.2, -0.15) is 4.31 Å². The first-order valence-corrected chi connectivity index (χ1v) is 12.4. The molecule has 0 bridgehead atoms. The topological polar surface area (TPSA) is 108 Å². The normalized spacial score (nSPS) is 18.9. The van der Waals surface area contributed by atoms with Crippen LogP contribution in [0.4, 0.5) is 0 Å². The summed E-state index contributed by atoms with van der Waals surface area (Å²) in [5.74, 6) is -0.561. The van der Waals surface area contributed by atoms with E-state index in [1.54, 1.807) is 42.7 Å². The van der Waals surface area contributed by atoms with Crippen molar-refractivity contribution in [3.05, 3.63) is 60.4 Å². The third kappa shape index (κ3) is 6.86. The molecular formula is C23H30N4O4S. The fourth-order valence-corrected chi connectivity index (χ4v) is 5.24. The molecule has 1 saturated heterocycles. The number of amides is 2. The van der Waals surface area contributed by atoms with Gasteiger partial charge in [0.25, 0.3) is 0 Å². The quantitative estimate of drug-likeness (QED) is 0.685. The van der Waals surface area contributed by atoms with Crippen LogP contribution in [0.5, 0.6) is 0 Å². The second kappa shape index (κ2) is 11.7. The summed E-state index contributed by atoms with van der Waals surface area (Å²) >= 11 is 0. The highest BCUT2D eigenvalue weighted by molar-refractivity contribution is 7.89. The van der Waals surface area contributed by atoms with Gasteiger partial charge in [-0.1, -0.05) is 18.2 Å². The van der Waals surface area contributed by atoms with Gasteiger partial charge >= 0.3 is 0 Å². The number of nitrogens with zero attached hydrogens (tertiary/aromatic N) is 2. The number of carbonyl (C=O) groups excluding carboxylic acids is 2. The van der Waals surface area contributed by atoms with Gasteiger partial charge in [0.05, 0.1) is 4.90 Å². The predicted molar refractivity (Wildman–Crippen MR) is 121 cm³/mol. The SMILES string of the molecule is O=C1CCN(S(=O)(=O)c2ccccc2)CCCC(C(=O)NCCc2ccncc2)CCN1. The molecule has 172 valence electrons. The zero-order valence-corrected chi connectivity index (χ0v) is 18.9. The highest BCUT2D eigenvalue weighted by atomic mass is 32.2. The van der Waals surface area contributed by atoms with Crippen LogP contribution >= 0.6 is 0 Å².